The summed E-state index contributed by atoms with van der Waals surface area (Å²) in [5.41, 5.74) is 5.47. The van der Waals surface area contributed by atoms with Crippen molar-refractivity contribution in [3.63, 3.8) is 0 Å². The maximum Gasteiger partial charge on any atom is 0.221 e. The van der Waals surface area contributed by atoms with Crippen molar-refractivity contribution in [2.75, 3.05) is 13.1 Å². The Bertz CT molecular complexity index is 264. The van der Waals surface area contributed by atoms with Crippen LogP contribution in [0, 0.1) is 5.92 Å². The predicted octanol–water partition coefficient (Wildman–Crippen LogP) is 0.146. The Morgan fingerprint density at radius 2 is 2.00 bits per heavy atom. The van der Waals surface area contributed by atoms with Crippen LogP contribution in [0.25, 0.3) is 0 Å². The Balaban J connectivity index is 1.97. The summed E-state index contributed by atoms with van der Waals surface area (Å²) < 4.78 is 0. The zero-order chi connectivity index (χ0) is 12.7. The molecule has 4 N–H and O–H groups in total. The van der Waals surface area contributed by atoms with Gasteiger partial charge in [0.1, 0.15) is 0 Å². The molecule has 1 fully saturated rings. The van der Waals surface area contributed by atoms with Crippen molar-refractivity contribution in [3.05, 3.63) is 0 Å². The maximum absolute atomic E-state index is 11.4. The zero-order valence-corrected chi connectivity index (χ0v) is 10.5. The van der Waals surface area contributed by atoms with E-state index in [4.69, 9.17) is 5.73 Å². The fourth-order valence-corrected chi connectivity index (χ4v) is 1.43. The average molecular weight is 241 g/mol. The summed E-state index contributed by atoms with van der Waals surface area (Å²) in [6, 6.07) is 0.392. The smallest absolute Gasteiger partial charge is 0.221 e. The number of hydrogen-bond donors (Lipinski definition) is 3. The summed E-state index contributed by atoms with van der Waals surface area (Å²) in [7, 11) is 0. The second-order valence-electron chi connectivity index (χ2n) is 4.82. The number of carbonyl (C=O) groups is 2. The first-order valence-electron chi connectivity index (χ1n) is 6.38. The number of nitrogens with one attached hydrogen (secondary N) is 2. The minimum absolute atomic E-state index is 0.00419. The van der Waals surface area contributed by atoms with Gasteiger partial charge in [0.25, 0.3) is 0 Å². The maximum atomic E-state index is 11.4. The van der Waals surface area contributed by atoms with Crippen LogP contribution in [0.15, 0.2) is 0 Å². The topological polar surface area (TPSA) is 84.2 Å². The first-order valence-corrected chi connectivity index (χ1v) is 6.38. The van der Waals surface area contributed by atoms with Crippen LogP contribution in [0.4, 0.5) is 0 Å². The average Bonchev–Trinajstić information content (AvgIpc) is 3.09. The third-order valence-corrected chi connectivity index (χ3v) is 2.88. The van der Waals surface area contributed by atoms with E-state index in [-0.39, 0.29) is 11.8 Å². The molecule has 1 atom stereocenters. The first-order chi connectivity index (χ1) is 8.11. The van der Waals surface area contributed by atoms with Crippen LogP contribution in [0.3, 0.4) is 0 Å². The molecule has 1 aliphatic carbocycles. The molecule has 5 heteroatoms. The molecule has 2 amide bonds. The lowest BCUT2D eigenvalue weighted by Crippen LogP contribution is -2.31. The normalized spacial score (nSPS) is 16.4. The van der Waals surface area contributed by atoms with Crippen LogP contribution >= 0.6 is 0 Å². The van der Waals surface area contributed by atoms with Crippen LogP contribution in [-0.4, -0.2) is 30.9 Å². The molecular formula is C12H23N3O2. The standard InChI is InChI=1S/C12H23N3O2/c1-9(8-13)2-5-11(16)14-7-6-12(17)15-10-3-4-10/h9-10H,2-8,13H2,1H3,(H,14,16)(H,15,17). The molecule has 0 saturated heterocycles. The Morgan fingerprint density at radius 1 is 1.29 bits per heavy atom. The molecule has 1 unspecified atom stereocenters. The molecule has 0 spiro atoms. The first kappa shape index (κ1) is 14.0. The van der Waals surface area contributed by atoms with Gasteiger partial charge < -0.3 is 16.4 Å². The second-order valence-corrected chi connectivity index (χ2v) is 4.82. The monoisotopic (exact) mass is 241 g/mol. The van der Waals surface area contributed by atoms with E-state index < -0.39 is 0 Å². The summed E-state index contributed by atoms with van der Waals surface area (Å²) in [5, 5.41) is 5.63. The molecule has 0 bridgehead atoms. The molecule has 0 aromatic heterocycles. The Morgan fingerprint density at radius 3 is 2.59 bits per heavy atom. The largest absolute Gasteiger partial charge is 0.356 e. The lowest BCUT2D eigenvalue weighted by molar-refractivity contribution is -0.122. The van der Waals surface area contributed by atoms with Crippen LogP contribution in [0.1, 0.15) is 39.0 Å². The van der Waals surface area contributed by atoms with E-state index in [1.54, 1.807) is 0 Å². The fraction of sp³-hybridized carbons (Fsp3) is 0.833. The molecule has 17 heavy (non-hydrogen) atoms. The van der Waals surface area contributed by atoms with E-state index in [1.807, 2.05) is 6.92 Å². The van der Waals surface area contributed by atoms with Gasteiger partial charge in [-0.3, -0.25) is 9.59 Å². The molecule has 1 saturated carbocycles. The minimum Gasteiger partial charge on any atom is -0.356 e. The SMILES string of the molecule is CC(CN)CCC(=O)NCCC(=O)NC1CC1. The summed E-state index contributed by atoms with van der Waals surface area (Å²) in [5.74, 6) is 0.409. The number of carbonyl (C=O) groups excluding carboxylic acids is 2. The molecule has 5 nitrogen and oxygen atoms in total. The zero-order valence-electron chi connectivity index (χ0n) is 10.5. The third kappa shape index (κ3) is 6.94. The highest BCUT2D eigenvalue weighted by Gasteiger charge is 2.22. The number of amides is 2. The van der Waals surface area contributed by atoms with Gasteiger partial charge in [-0.05, 0) is 31.7 Å². The Kier molecular flexibility index (Phi) is 5.97. The van der Waals surface area contributed by atoms with Gasteiger partial charge in [0.15, 0.2) is 0 Å². The number of nitrogens with two attached hydrogens (primary N) is 1. The summed E-state index contributed by atoms with van der Waals surface area (Å²) in [6.07, 6.45) is 3.85. The van der Waals surface area contributed by atoms with E-state index in [0.29, 0.717) is 37.9 Å². The minimum atomic E-state index is 0.00419. The van der Waals surface area contributed by atoms with Gasteiger partial charge in [-0.25, -0.2) is 0 Å². The van der Waals surface area contributed by atoms with E-state index in [9.17, 15) is 9.59 Å². The summed E-state index contributed by atoms with van der Waals surface area (Å²) in [4.78, 5) is 22.7. The summed E-state index contributed by atoms with van der Waals surface area (Å²) >= 11 is 0. The summed E-state index contributed by atoms with van der Waals surface area (Å²) in [6.45, 7) is 3.06. The van der Waals surface area contributed by atoms with E-state index in [0.717, 1.165) is 19.3 Å². The third-order valence-electron chi connectivity index (χ3n) is 2.88. The lowest BCUT2D eigenvalue weighted by Gasteiger charge is -2.08. The molecule has 0 aromatic carbocycles. The van der Waals surface area contributed by atoms with Crippen molar-refractivity contribution < 1.29 is 9.59 Å². The lowest BCUT2D eigenvalue weighted by atomic mass is 10.1. The van der Waals surface area contributed by atoms with Crippen LogP contribution in [0.2, 0.25) is 0 Å². The van der Waals surface area contributed by atoms with Gasteiger partial charge in [0.05, 0.1) is 0 Å². The van der Waals surface area contributed by atoms with Crippen molar-refractivity contribution in [1.29, 1.82) is 0 Å². The number of rotatable bonds is 8. The van der Waals surface area contributed by atoms with Crippen molar-refractivity contribution in [3.8, 4) is 0 Å². The number of hydrogen-bond acceptors (Lipinski definition) is 3. The molecule has 98 valence electrons. The van der Waals surface area contributed by atoms with E-state index in [2.05, 4.69) is 10.6 Å². The molecule has 1 rings (SSSR count). The predicted molar refractivity (Wildman–Crippen MR) is 66.2 cm³/mol. The van der Waals surface area contributed by atoms with E-state index in [1.165, 1.54) is 0 Å². The molecule has 0 radical (unpaired) electrons. The van der Waals surface area contributed by atoms with Gasteiger partial charge in [-0.15, -0.1) is 0 Å². The quantitative estimate of drug-likeness (QED) is 0.565. The van der Waals surface area contributed by atoms with E-state index >= 15 is 0 Å². The highest BCUT2D eigenvalue weighted by molar-refractivity contribution is 5.79. The van der Waals surface area contributed by atoms with Gasteiger partial charge in [0, 0.05) is 25.4 Å². The second kappa shape index (κ2) is 7.27. The van der Waals surface area contributed by atoms with Crippen molar-refractivity contribution in [1.82, 2.24) is 10.6 Å². The molecule has 1 aliphatic rings. The van der Waals surface area contributed by atoms with Crippen LogP contribution in [-0.2, 0) is 9.59 Å². The molecule has 0 aliphatic heterocycles. The highest BCUT2D eigenvalue weighted by Crippen LogP contribution is 2.18. The van der Waals surface area contributed by atoms with Crippen molar-refractivity contribution >= 4 is 11.8 Å². The molecule has 0 aromatic rings. The van der Waals surface area contributed by atoms with Gasteiger partial charge in [0.2, 0.25) is 11.8 Å². The van der Waals surface area contributed by atoms with Gasteiger partial charge in [-0.2, -0.15) is 0 Å². The fourth-order valence-electron chi connectivity index (χ4n) is 1.43. The Hall–Kier alpha value is -1.10. The van der Waals surface area contributed by atoms with Gasteiger partial charge >= 0.3 is 0 Å². The van der Waals surface area contributed by atoms with Crippen molar-refractivity contribution in [2.24, 2.45) is 11.7 Å². The van der Waals surface area contributed by atoms with Crippen molar-refractivity contribution in [2.45, 2.75) is 45.1 Å². The molecule has 0 heterocycles. The highest BCUT2D eigenvalue weighted by atomic mass is 16.2. The Labute approximate surface area is 103 Å². The van der Waals surface area contributed by atoms with Crippen LogP contribution in [0.5, 0.6) is 0 Å². The van der Waals surface area contributed by atoms with Crippen LogP contribution < -0.4 is 16.4 Å². The van der Waals surface area contributed by atoms with Gasteiger partial charge in [-0.1, -0.05) is 6.92 Å². The molecular weight excluding hydrogens is 218 g/mol.